The highest BCUT2D eigenvalue weighted by Crippen LogP contribution is 2.36. The summed E-state index contributed by atoms with van der Waals surface area (Å²) in [5.41, 5.74) is 2.85. The number of fused-ring (bicyclic) bond motifs is 2. The van der Waals surface area contributed by atoms with E-state index < -0.39 is 10.0 Å². The smallest absolute Gasteiger partial charge is 0.208 e. The quantitative estimate of drug-likeness (QED) is 0.393. The molecule has 2 saturated heterocycles. The highest BCUT2D eigenvalue weighted by molar-refractivity contribution is 7.88. The summed E-state index contributed by atoms with van der Waals surface area (Å²) >= 11 is 1.73. The molecule has 190 valence electrons. The summed E-state index contributed by atoms with van der Waals surface area (Å²) in [6.45, 7) is 5.36. The van der Waals surface area contributed by atoms with Gasteiger partial charge in [-0.05, 0) is 31.5 Å². The highest BCUT2D eigenvalue weighted by atomic mass is 32.2. The van der Waals surface area contributed by atoms with Crippen LogP contribution in [0, 0.1) is 0 Å². The van der Waals surface area contributed by atoms with Crippen LogP contribution in [0.3, 0.4) is 0 Å². The van der Waals surface area contributed by atoms with Crippen LogP contribution >= 0.6 is 11.3 Å². The molecule has 0 aliphatic carbocycles. The van der Waals surface area contributed by atoms with Gasteiger partial charge in [-0.3, -0.25) is 10.00 Å². The number of morpholine rings is 1. The van der Waals surface area contributed by atoms with E-state index in [2.05, 4.69) is 30.8 Å². The average molecular weight is 528 g/mol. The first-order valence-electron chi connectivity index (χ1n) is 12.2. The van der Waals surface area contributed by atoms with Crippen molar-refractivity contribution < 1.29 is 13.2 Å². The Bertz CT molecular complexity index is 1490. The number of piperidine rings is 1. The van der Waals surface area contributed by atoms with Gasteiger partial charge in [0.2, 0.25) is 10.0 Å². The number of anilines is 1. The third kappa shape index (κ3) is 4.96. The van der Waals surface area contributed by atoms with Gasteiger partial charge in [-0.1, -0.05) is 12.1 Å². The molecule has 0 spiro atoms. The van der Waals surface area contributed by atoms with Crippen molar-refractivity contribution in [3.05, 3.63) is 35.3 Å². The molecule has 6 rings (SSSR count). The number of sulfonamides is 1. The molecule has 3 aromatic heterocycles. The topological polar surface area (TPSA) is 116 Å². The van der Waals surface area contributed by atoms with Crippen molar-refractivity contribution >= 4 is 48.3 Å². The van der Waals surface area contributed by atoms with Crippen LogP contribution in [0.4, 0.5) is 5.82 Å². The lowest BCUT2D eigenvalue weighted by atomic mass is 10.1. The first-order valence-corrected chi connectivity index (χ1v) is 14.9. The normalized spacial score (nSPS) is 19.9. The van der Waals surface area contributed by atoms with Crippen molar-refractivity contribution in [2.24, 2.45) is 0 Å². The number of thiophene rings is 1. The number of aromatic nitrogens is 4. The number of hydrogen-bond donors (Lipinski definition) is 2. The number of nitrogens with zero attached hydrogens (tertiary/aromatic N) is 5. The highest BCUT2D eigenvalue weighted by Gasteiger charge is 2.25. The molecule has 1 unspecified atom stereocenters. The number of aromatic amines is 1. The van der Waals surface area contributed by atoms with Crippen molar-refractivity contribution in [2.75, 3.05) is 50.5 Å². The number of nitrogens with one attached hydrogen (secondary N) is 2. The zero-order valence-electron chi connectivity index (χ0n) is 20.1. The number of benzene rings is 1. The third-order valence-electron chi connectivity index (χ3n) is 6.71. The van der Waals surface area contributed by atoms with Gasteiger partial charge >= 0.3 is 0 Å². The molecule has 2 aliphatic rings. The van der Waals surface area contributed by atoms with E-state index in [1.807, 2.05) is 24.4 Å². The van der Waals surface area contributed by atoms with E-state index in [1.54, 1.807) is 11.3 Å². The molecule has 2 aliphatic heterocycles. The molecular weight excluding hydrogens is 498 g/mol. The van der Waals surface area contributed by atoms with Gasteiger partial charge in [-0.2, -0.15) is 5.10 Å². The molecule has 1 atom stereocenters. The lowest BCUT2D eigenvalue weighted by Gasteiger charge is -2.32. The second-order valence-electron chi connectivity index (χ2n) is 9.50. The number of rotatable bonds is 6. The fourth-order valence-corrected chi connectivity index (χ4v) is 7.09. The minimum Gasteiger partial charge on any atom is -0.378 e. The summed E-state index contributed by atoms with van der Waals surface area (Å²) in [5.74, 6) is 1.64. The summed E-state index contributed by atoms with van der Waals surface area (Å²) in [4.78, 5) is 15.9. The zero-order chi connectivity index (χ0) is 24.7. The van der Waals surface area contributed by atoms with Crippen molar-refractivity contribution in [2.45, 2.75) is 25.4 Å². The molecular formula is C24H29N7O3S2. The van der Waals surface area contributed by atoms with E-state index in [4.69, 9.17) is 14.7 Å². The minimum atomic E-state index is -3.22. The SMILES string of the molecule is CS(=O)(=O)NC1CCCN(Cc2cc3nc(-c4cccc5[nH]ncc45)nc(N4CCOCC4)c3s2)C1. The molecule has 1 aromatic carbocycles. The Morgan fingerprint density at radius 1 is 1.22 bits per heavy atom. The van der Waals surface area contributed by atoms with Crippen molar-refractivity contribution in [3.63, 3.8) is 0 Å². The monoisotopic (exact) mass is 527 g/mol. The first-order chi connectivity index (χ1) is 17.4. The predicted octanol–water partition coefficient (Wildman–Crippen LogP) is 2.58. The molecule has 0 bridgehead atoms. The van der Waals surface area contributed by atoms with Crippen LogP contribution in [0.25, 0.3) is 32.5 Å². The van der Waals surface area contributed by atoms with E-state index >= 15 is 0 Å². The van der Waals surface area contributed by atoms with E-state index in [0.717, 1.165) is 71.5 Å². The number of hydrogen-bond acceptors (Lipinski definition) is 9. The Labute approximate surface area is 213 Å². The van der Waals surface area contributed by atoms with Crippen LogP contribution in [0.5, 0.6) is 0 Å². The fraction of sp³-hybridized carbons (Fsp3) is 0.458. The summed E-state index contributed by atoms with van der Waals surface area (Å²) in [6, 6.07) is 8.15. The van der Waals surface area contributed by atoms with Crippen LogP contribution in [-0.4, -0.2) is 85.2 Å². The molecule has 0 saturated carbocycles. The van der Waals surface area contributed by atoms with Gasteiger partial charge in [0.15, 0.2) is 11.6 Å². The van der Waals surface area contributed by atoms with Gasteiger partial charge in [-0.25, -0.2) is 23.1 Å². The maximum Gasteiger partial charge on any atom is 0.208 e. The standard InChI is InChI=1S/C24H29N7O3S2/c1-36(32,33)29-16-4-3-7-30(14-16)15-17-12-21-22(35-17)24(31-8-10-34-11-9-31)27-23(26-21)18-5-2-6-20-19(18)13-25-28-20/h2,5-6,12-13,16,29H,3-4,7-11,14-15H2,1H3,(H,25,28). The molecule has 10 nitrogen and oxygen atoms in total. The van der Waals surface area contributed by atoms with E-state index in [1.165, 1.54) is 11.1 Å². The van der Waals surface area contributed by atoms with Crippen LogP contribution in [0.1, 0.15) is 17.7 Å². The molecule has 2 N–H and O–H groups in total. The minimum absolute atomic E-state index is 0.0473. The average Bonchev–Trinajstić information content (AvgIpc) is 3.49. The number of likely N-dealkylation sites (tertiary alicyclic amines) is 1. The van der Waals surface area contributed by atoms with E-state index in [0.29, 0.717) is 25.6 Å². The van der Waals surface area contributed by atoms with Gasteiger partial charge in [0.1, 0.15) is 0 Å². The Kier molecular flexibility index (Phi) is 6.38. The molecule has 2 fully saturated rings. The van der Waals surface area contributed by atoms with Crippen molar-refractivity contribution in [1.82, 2.24) is 29.8 Å². The molecule has 12 heteroatoms. The van der Waals surface area contributed by atoms with Gasteiger partial charge in [-0.15, -0.1) is 11.3 Å². The van der Waals surface area contributed by atoms with Crippen molar-refractivity contribution in [1.29, 1.82) is 0 Å². The Hall–Kier alpha value is -2.64. The van der Waals surface area contributed by atoms with Crippen LogP contribution in [0.15, 0.2) is 30.5 Å². The summed E-state index contributed by atoms with van der Waals surface area (Å²) in [6.07, 6.45) is 4.88. The molecule has 36 heavy (non-hydrogen) atoms. The third-order valence-corrected chi connectivity index (χ3v) is 8.57. The van der Waals surface area contributed by atoms with E-state index in [-0.39, 0.29) is 6.04 Å². The summed E-state index contributed by atoms with van der Waals surface area (Å²) in [7, 11) is -3.22. The Morgan fingerprint density at radius 3 is 2.92 bits per heavy atom. The lowest BCUT2D eigenvalue weighted by molar-refractivity contribution is 0.122. The predicted molar refractivity (Wildman–Crippen MR) is 142 cm³/mol. The molecule has 0 amide bonds. The maximum atomic E-state index is 11.7. The van der Waals surface area contributed by atoms with Gasteiger partial charge in [0, 0.05) is 48.0 Å². The number of H-pyrrole nitrogens is 1. The first kappa shape index (κ1) is 23.7. The second kappa shape index (κ2) is 9.67. The zero-order valence-corrected chi connectivity index (χ0v) is 21.7. The largest absolute Gasteiger partial charge is 0.378 e. The Morgan fingerprint density at radius 2 is 2.08 bits per heavy atom. The van der Waals surface area contributed by atoms with Crippen LogP contribution < -0.4 is 9.62 Å². The van der Waals surface area contributed by atoms with Gasteiger partial charge in [0.05, 0.1) is 41.4 Å². The van der Waals surface area contributed by atoms with Gasteiger partial charge < -0.3 is 9.64 Å². The summed E-state index contributed by atoms with van der Waals surface area (Å²) < 4.78 is 32.9. The van der Waals surface area contributed by atoms with Crippen LogP contribution in [-0.2, 0) is 21.3 Å². The summed E-state index contributed by atoms with van der Waals surface area (Å²) in [5, 5.41) is 8.24. The molecule has 5 heterocycles. The fourth-order valence-electron chi connectivity index (χ4n) is 5.13. The van der Waals surface area contributed by atoms with Crippen molar-refractivity contribution in [3.8, 4) is 11.4 Å². The molecule has 4 aromatic rings. The van der Waals surface area contributed by atoms with E-state index in [9.17, 15) is 8.42 Å². The van der Waals surface area contributed by atoms with Crippen LogP contribution in [0.2, 0.25) is 0 Å². The maximum absolute atomic E-state index is 11.7. The Balaban J connectivity index is 1.36. The number of ether oxygens (including phenoxy) is 1. The van der Waals surface area contributed by atoms with Gasteiger partial charge in [0.25, 0.3) is 0 Å². The molecule has 0 radical (unpaired) electrons. The second-order valence-corrected chi connectivity index (χ2v) is 12.4. The lowest BCUT2D eigenvalue weighted by Crippen LogP contribution is -2.46.